The van der Waals surface area contributed by atoms with Gasteiger partial charge in [-0.1, -0.05) is 6.92 Å². The summed E-state index contributed by atoms with van der Waals surface area (Å²) in [5.41, 5.74) is 1.61. The summed E-state index contributed by atoms with van der Waals surface area (Å²) in [5, 5.41) is 3.28. The van der Waals surface area contributed by atoms with Crippen molar-refractivity contribution < 1.29 is 14.3 Å². The summed E-state index contributed by atoms with van der Waals surface area (Å²) < 4.78 is 5.57. The second-order valence-electron chi connectivity index (χ2n) is 6.32. The molecule has 1 atom stereocenters. The Bertz CT molecular complexity index is 624. The van der Waals surface area contributed by atoms with Gasteiger partial charge in [0.25, 0.3) is 0 Å². The van der Waals surface area contributed by atoms with E-state index in [-0.39, 0.29) is 17.7 Å². The molecule has 0 aliphatic carbocycles. The molecular weight excluding hydrogens is 306 g/mol. The highest BCUT2D eigenvalue weighted by atomic mass is 16.5. The molecule has 1 amide bonds. The van der Waals surface area contributed by atoms with Gasteiger partial charge in [0.2, 0.25) is 5.91 Å². The first kappa shape index (κ1) is 16.8. The van der Waals surface area contributed by atoms with Crippen molar-refractivity contribution in [1.82, 2.24) is 9.80 Å². The quantitative estimate of drug-likeness (QED) is 0.850. The molecule has 2 heterocycles. The van der Waals surface area contributed by atoms with Crippen molar-refractivity contribution in [2.75, 3.05) is 44.6 Å². The minimum atomic E-state index is -0.137. The number of fused-ring (bicyclic) bond motifs is 1. The predicted octanol–water partition coefficient (Wildman–Crippen LogP) is 1.62. The van der Waals surface area contributed by atoms with Gasteiger partial charge in [-0.15, -0.1) is 0 Å². The molecular formula is C18H25N3O3. The third-order valence-corrected chi connectivity index (χ3v) is 4.83. The molecule has 6 nitrogen and oxygen atoms in total. The zero-order chi connectivity index (χ0) is 17.1. The maximum Gasteiger partial charge on any atom is 0.219 e. The number of Topliss-reactive ketones (excluding diaryl/α,β-unsaturated/α-hetero) is 1. The van der Waals surface area contributed by atoms with E-state index in [1.165, 1.54) is 0 Å². The standard InChI is InChI=1S/C18H25N3O3/c1-3-16(21-9-7-20(8-10-21)13(2)22)18(23)14-4-5-17-15(12-14)19-6-11-24-17/h4-5,12,16,19H,3,6-11H2,1-2H3. The molecule has 0 bridgehead atoms. The number of anilines is 1. The lowest BCUT2D eigenvalue weighted by Gasteiger charge is -2.38. The zero-order valence-electron chi connectivity index (χ0n) is 14.4. The molecule has 1 aromatic carbocycles. The highest BCUT2D eigenvalue weighted by Gasteiger charge is 2.29. The van der Waals surface area contributed by atoms with Gasteiger partial charge in [-0.3, -0.25) is 14.5 Å². The SMILES string of the molecule is CCC(C(=O)c1ccc2c(c1)NCCO2)N1CCN(C(C)=O)CC1. The number of rotatable bonds is 4. The van der Waals surface area contributed by atoms with Crippen LogP contribution in [0.4, 0.5) is 5.69 Å². The number of carbonyl (C=O) groups excluding carboxylic acids is 2. The van der Waals surface area contributed by atoms with Gasteiger partial charge in [0.15, 0.2) is 5.78 Å². The topological polar surface area (TPSA) is 61.9 Å². The molecule has 1 fully saturated rings. The Kier molecular flexibility index (Phi) is 5.04. The summed E-state index contributed by atoms with van der Waals surface area (Å²) in [4.78, 5) is 28.5. The largest absolute Gasteiger partial charge is 0.490 e. The van der Waals surface area contributed by atoms with E-state index in [1.54, 1.807) is 6.92 Å². The van der Waals surface area contributed by atoms with Crippen LogP contribution >= 0.6 is 0 Å². The summed E-state index contributed by atoms with van der Waals surface area (Å²) in [7, 11) is 0. The number of nitrogens with zero attached hydrogens (tertiary/aromatic N) is 2. The van der Waals surface area contributed by atoms with Crippen molar-refractivity contribution in [3.63, 3.8) is 0 Å². The number of hydrogen-bond donors (Lipinski definition) is 1. The van der Waals surface area contributed by atoms with Gasteiger partial charge in [-0.05, 0) is 24.6 Å². The number of nitrogens with one attached hydrogen (secondary N) is 1. The van der Waals surface area contributed by atoms with Crippen molar-refractivity contribution >= 4 is 17.4 Å². The van der Waals surface area contributed by atoms with E-state index in [2.05, 4.69) is 10.2 Å². The molecule has 1 N–H and O–H groups in total. The van der Waals surface area contributed by atoms with Gasteiger partial charge < -0.3 is 15.0 Å². The number of piperazine rings is 1. The summed E-state index contributed by atoms with van der Waals surface area (Å²) in [6.45, 7) is 7.93. The van der Waals surface area contributed by atoms with E-state index < -0.39 is 0 Å². The van der Waals surface area contributed by atoms with Crippen LogP contribution in [0.25, 0.3) is 0 Å². The van der Waals surface area contributed by atoms with Crippen LogP contribution in [-0.2, 0) is 4.79 Å². The van der Waals surface area contributed by atoms with Crippen LogP contribution in [0.3, 0.4) is 0 Å². The molecule has 130 valence electrons. The molecule has 24 heavy (non-hydrogen) atoms. The zero-order valence-corrected chi connectivity index (χ0v) is 14.4. The number of carbonyl (C=O) groups is 2. The fourth-order valence-corrected chi connectivity index (χ4v) is 3.44. The first-order valence-corrected chi connectivity index (χ1v) is 8.64. The third kappa shape index (κ3) is 3.38. The van der Waals surface area contributed by atoms with E-state index in [4.69, 9.17) is 4.74 Å². The maximum absolute atomic E-state index is 13.0. The van der Waals surface area contributed by atoms with Gasteiger partial charge in [-0.25, -0.2) is 0 Å². The van der Waals surface area contributed by atoms with Crippen LogP contribution in [0.5, 0.6) is 5.75 Å². The van der Waals surface area contributed by atoms with Crippen molar-refractivity contribution in [2.24, 2.45) is 0 Å². The number of hydrogen-bond acceptors (Lipinski definition) is 5. The molecule has 1 saturated heterocycles. The van der Waals surface area contributed by atoms with Gasteiger partial charge in [0.1, 0.15) is 12.4 Å². The lowest BCUT2D eigenvalue weighted by molar-refractivity contribution is -0.130. The fourth-order valence-electron chi connectivity index (χ4n) is 3.44. The molecule has 3 rings (SSSR count). The fraction of sp³-hybridized carbons (Fsp3) is 0.556. The maximum atomic E-state index is 13.0. The first-order valence-electron chi connectivity index (χ1n) is 8.64. The van der Waals surface area contributed by atoms with E-state index >= 15 is 0 Å². The molecule has 0 spiro atoms. The Morgan fingerprint density at radius 3 is 2.67 bits per heavy atom. The molecule has 1 aromatic rings. The highest BCUT2D eigenvalue weighted by Crippen LogP contribution is 2.29. The van der Waals surface area contributed by atoms with E-state index in [0.29, 0.717) is 25.3 Å². The minimum absolute atomic E-state index is 0.106. The van der Waals surface area contributed by atoms with Crippen molar-refractivity contribution in [3.05, 3.63) is 23.8 Å². The minimum Gasteiger partial charge on any atom is -0.490 e. The lowest BCUT2D eigenvalue weighted by Crippen LogP contribution is -2.53. The molecule has 0 saturated carbocycles. The Balaban J connectivity index is 1.71. The van der Waals surface area contributed by atoms with Gasteiger partial charge in [0.05, 0.1) is 11.7 Å². The van der Waals surface area contributed by atoms with Crippen LogP contribution in [0.2, 0.25) is 0 Å². The highest BCUT2D eigenvalue weighted by molar-refractivity contribution is 6.01. The molecule has 2 aliphatic heterocycles. The van der Waals surface area contributed by atoms with Crippen LogP contribution in [0.15, 0.2) is 18.2 Å². The van der Waals surface area contributed by atoms with E-state index in [0.717, 1.165) is 37.5 Å². The van der Waals surface area contributed by atoms with E-state index in [9.17, 15) is 9.59 Å². The summed E-state index contributed by atoms with van der Waals surface area (Å²) >= 11 is 0. The number of benzene rings is 1. The van der Waals surface area contributed by atoms with Crippen molar-refractivity contribution in [3.8, 4) is 5.75 Å². The number of ketones is 1. The van der Waals surface area contributed by atoms with Crippen LogP contribution in [0.1, 0.15) is 30.6 Å². The second kappa shape index (κ2) is 7.21. The average Bonchev–Trinajstić information content (AvgIpc) is 2.62. The molecule has 2 aliphatic rings. The van der Waals surface area contributed by atoms with Crippen LogP contribution < -0.4 is 10.1 Å². The lowest BCUT2D eigenvalue weighted by atomic mass is 9.99. The number of ether oxygens (including phenoxy) is 1. The third-order valence-electron chi connectivity index (χ3n) is 4.83. The van der Waals surface area contributed by atoms with Crippen LogP contribution in [-0.4, -0.2) is 66.9 Å². The second-order valence-corrected chi connectivity index (χ2v) is 6.32. The van der Waals surface area contributed by atoms with E-state index in [1.807, 2.05) is 30.0 Å². The molecule has 6 heteroatoms. The average molecular weight is 331 g/mol. The Morgan fingerprint density at radius 2 is 2.00 bits per heavy atom. The first-order chi connectivity index (χ1) is 11.6. The van der Waals surface area contributed by atoms with Crippen molar-refractivity contribution in [1.29, 1.82) is 0 Å². The Hall–Kier alpha value is -2.08. The normalized spacial score (nSPS) is 19.0. The molecule has 0 radical (unpaired) electrons. The molecule has 0 aromatic heterocycles. The van der Waals surface area contributed by atoms with Gasteiger partial charge in [-0.2, -0.15) is 0 Å². The molecule has 1 unspecified atom stereocenters. The number of amides is 1. The Labute approximate surface area is 142 Å². The summed E-state index contributed by atoms with van der Waals surface area (Å²) in [6.07, 6.45) is 0.764. The summed E-state index contributed by atoms with van der Waals surface area (Å²) in [5.74, 6) is 1.06. The van der Waals surface area contributed by atoms with Crippen LogP contribution in [0, 0.1) is 0 Å². The summed E-state index contributed by atoms with van der Waals surface area (Å²) in [6, 6.07) is 5.48. The monoisotopic (exact) mass is 331 g/mol. The van der Waals surface area contributed by atoms with Gasteiger partial charge in [0, 0.05) is 45.2 Å². The smallest absolute Gasteiger partial charge is 0.219 e. The van der Waals surface area contributed by atoms with Crippen molar-refractivity contribution in [2.45, 2.75) is 26.3 Å². The van der Waals surface area contributed by atoms with Gasteiger partial charge >= 0.3 is 0 Å². The Morgan fingerprint density at radius 1 is 1.25 bits per heavy atom. The predicted molar refractivity (Wildman–Crippen MR) is 92.7 cm³/mol.